The SMILES string of the molecule is CCCCCCCC(=O)Oc1cccc(C2=CC=CCC2(F)c2cccc(OC(OCCCCC)[C@H](CC)OCCCCC)c2)c1. The lowest BCUT2D eigenvalue weighted by atomic mass is 9.79. The minimum absolute atomic E-state index is 0.180. The Labute approximate surface area is 277 Å². The van der Waals surface area contributed by atoms with E-state index in [-0.39, 0.29) is 18.5 Å². The summed E-state index contributed by atoms with van der Waals surface area (Å²) in [6.45, 7) is 9.83. The van der Waals surface area contributed by atoms with E-state index >= 15 is 4.39 Å². The zero-order valence-corrected chi connectivity index (χ0v) is 28.7. The molecule has 2 unspecified atom stereocenters. The second-order valence-corrected chi connectivity index (χ2v) is 12.3. The molecule has 0 saturated heterocycles. The van der Waals surface area contributed by atoms with Crippen LogP contribution in [0.1, 0.15) is 129 Å². The van der Waals surface area contributed by atoms with Crippen molar-refractivity contribution in [3.63, 3.8) is 0 Å². The molecule has 0 aliphatic heterocycles. The van der Waals surface area contributed by atoms with Crippen molar-refractivity contribution >= 4 is 11.5 Å². The summed E-state index contributed by atoms with van der Waals surface area (Å²) >= 11 is 0. The molecule has 0 radical (unpaired) electrons. The highest BCUT2D eigenvalue weighted by Gasteiger charge is 2.38. The first kappa shape index (κ1) is 37.5. The van der Waals surface area contributed by atoms with Crippen molar-refractivity contribution in [2.24, 2.45) is 0 Å². The lowest BCUT2D eigenvalue weighted by molar-refractivity contribution is -0.165. The number of ether oxygens (including phenoxy) is 4. The smallest absolute Gasteiger partial charge is 0.311 e. The van der Waals surface area contributed by atoms with Crippen molar-refractivity contribution in [2.45, 2.75) is 136 Å². The van der Waals surface area contributed by atoms with E-state index in [4.69, 9.17) is 18.9 Å². The fourth-order valence-corrected chi connectivity index (χ4v) is 5.71. The molecule has 1 aliphatic rings. The highest BCUT2D eigenvalue weighted by molar-refractivity contribution is 5.78. The number of hydrogen-bond acceptors (Lipinski definition) is 5. The number of esters is 1. The number of halogens is 1. The van der Waals surface area contributed by atoms with Gasteiger partial charge in [0.15, 0.2) is 5.67 Å². The summed E-state index contributed by atoms with van der Waals surface area (Å²) in [5.41, 5.74) is -0.108. The third-order valence-electron chi connectivity index (χ3n) is 8.45. The lowest BCUT2D eigenvalue weighted by Gasteiger charge is -2.31. The summed E-state index contributed by atoms with van der Waals surface area (Å²) in [6, 6.07) is 14.5. The maximum atomic E-state index is 17.2. The van der Waals surface area contributed by atoms with Crippen LogP contribution in [-0.2, 0) is 19.9 Å². The topological polar surface area (TPSA) is 54.0 Å². The van der Waals surface area contributed by atoms with Crippen LogP contribution in [0, 0.1) is 0 Å². The summed E-state index contributed by atoms with van der Waals surface area (Å²) < 4.78 is 41.8. The molecule has 5 nitrogen and oxygen atoms in total. The molecule has 0 bridgehead atoms. The van der Waals surface area contributed by atoms with Gasteiger partial charge in [-0.25, -0.2) is 4.39 Å². The van der Waals surface area contributed by atoms with E-state index in [1.54, 1.807) is 24.3 Å². The van der Waals surface area contributed by atoms with E-state index in [1.165, 1.54) is 6.42 Å². The van der Waals surface area contributed by atoms with E-state index in [9.17, 15) is 4.79 Å². The average molecular weight is 637 g/mol. The van der Waals surface area contributed by atoms with Gasteiger partial charge in [0.05, 0.1) is 6.61 Å². The molecule has 0 amide bonds. The molecule has 0 saturated carbocycles. The largest absolute Gasteiger partial charge is 0.462 e. The summed E-state index contributed by atoms with van der Waals surface area (Å²) in [5, 5.41) is 0. The van der Waals surface area contributed by atoms with Crippen LogP contribution in [0.2, 0.25) is 0 Å². The summed E-state index contributed by atoms with van der Waals surface area (Å²) in [6.07, 6.45) is 17.7. The number of unbranched alkanes of at least 4 members (excludes halogenated alkanes) is 8. The summed E-state index contributed by atoms with van der Waals surface area (Å²) in [4.78, 5) is 12.5. The molecule has 3 atom stereocenters. The molecule has 2 aromatic rings. The molecule has 46 heavy (non-hydrogen) atoms. The van der Waals surface area contributed by atoms with E-state index in [0.29, 0.717) is 47.8 Å². The fraction of sp³-hybridized carbons (Fsp3) is 0.575. The predicted octanol–water partition coefficient (Wildman–Crippen LogP) is 11.1. The van der Waals surface area contributed by atoms with Crippen molar-refractivity contribution in [1.29, 1.82) is 0 Å². The van der Waals surface area contributed by atoms with Gasteiger partial charge in [0.1, 0.15) is 17.6 Å². The Kier molecular flexibility index (Phi) is 17.1. The quantitative estimate of drug-likeness (QED) is 0.0526. The van der Waals surface area contributed by atoms with Gasteiger partial charge in [-0.15, -0.1) is 0 Å². The Balaban J connectivity index is 1.77. The molecule has 254 valence electrons. The van der Waals surface area contributed by atoms with E-state index in [1.807, 2.05) is 42.5 Å². The van der Waals surface area contributed by atoms with Gasteiger partial charge in [-0.1, -0.05) is 122 Å². The van der Waals surface area contributed by atoms with Crippen LogP contribution in [0.5, 0.6) is 11.5 Å². The molecular weight excluding hydrogens is 579 g/mol. The summed E-state index contributed by atoms with van der Waals surface area (Å²) in [7, 11) is 0. The summed E-state index contributed by atoms with van der Waals surface area (Å²) in [5.74, 6) is 0.716. The Hall–Kier alpha value is -2.96. The standard InChI is InChI=1S/C40H57FO5/c1-5-9-12-13-14-26-38(42)45-34-23-19-21-32(30-34)36-25-15-16-27-40(36,41)33-22-20-24-35(31-33)46-39(44-29-18-11-7-3)37(8-4)43-28-17-10-6-2/h15-16,19-25,30-31,37,39H,5-14,17-18,26-29H2,1-4H3/t37-,39?,40?/m0/s1. The third-order valence-corrected chi connectivity index (χ3v) is 8.45. The average Bonchev–Trinajstić information content (AvgIpc) is 3.07. The molecule has 0 heterocycles. The van der Waals surface area contributed by atoms with Crippen molar-refractivity contribution in [2.75, 3.05) is 13.2 Å². The molecule has 0 N–H and O–H groups in total. The first-order valence-corrected chi connectivity index (χ1v) is 17.8. The van der Waals surface area contributed by atoms with Crippen LogP contribution in [-0.4, -0.2) is 31.6 Å². The fourth-order valence-electron chi connectivity index (χ4n) is 5.71. The van der Waals surface area contributed by atoms with Gasteiger partial charge in [-0.05, 0) is 61.1 Å². The van der Waals surface area contributed by atoms with Crippen LogP contribution >= 0.6 is 0 Å². The van der Waals surface area contributed by atoms with Crippen LogP contribution < -0.4 is 9.47 Å². The van der Waals surface area contributed by atoms with E-state index in [2.05, 4.69) is 27.7 Å². The molecule has 2 aromatic carbocycles. The van der Waals surface area contributed by atoms with E-state index in [0.717, 1.165) is 70.6 Å². The van der Waals surface area contributed by atoms with Crippen molar-refractivity contribution in [1.82, 2.24) is 0 Å². The minimum atomic E-state index is -1.80. The molecule has 0 spiro atoms. The van der Waals surface area contributed by atoms with Gasteiger partial charge in [-0.3, -0.25) is 4.79 Å². The second-order valence-electron chi connectivity index (χ2n) is 12.3. The van der Waals surface area contributed by atoms with Gasteiger partial charge < -0.3 is 18.9 Å². The lowest BCUT2D eigenvalue weighted by Crippen LogP contribution is -2.37. The zero-order chi connectivity index (χ0) is 33.0. The number of rotatable bonds is 23. The van der Waals surface area contributed by atoms with Crippen LogP contribution in [0.3, 0.4) is 0 Å². The second kappa shape index (κ2) is 21.0. The first-order chi connectivity index (χ1) is 22.4. The third kappa shape index (κ3) is 12.0. The van der Waals surface area contributed by atoms with Crippen molar-refractivity contribution < 1.29 is 28.1 Å². The zero-order valence-electron chi connectivity index (χ0n) is 28.7. The molecular formula is C40H57FO5. The number of allylic oxidation sites excluding steroid dienone is 4. The number of carbonyl (C=O) groups is 1. The van der Waals surface area contributed by atoms with Crippen LogP contribution in [0.15, 0.2) is 66.8 Å². The van der Waals surface area contributed by atoms with Crippen molar-refractivity contribution in [3.8, 4) is 11.5 Å². The molecule has 0 aromatic heterocycles. The highest BCUT2D eigenvalue weighted by Crippen LogP contribution is 2.46. The number of alkyl halides is 1. The normalized spacial score (nSPS) is 17.4. The molecule has 3 rings (SSSR count). The highest BCUT2D eigenvalue weighted by atomic mass is 19.1. The van der Waals surface area contributed by atoms with Crippen LogP contribution in [0.4, 0.5) is 4.39 Å². The molecule has 6 heteroatoms. The first-order valence-electron chi connectivity index (χ1n) is 17.8. The Morgan fingerprint density at radius 2 is 1.48 bits per heavy atom. The maximum absolute atomic E-state index is 17.2. The van der Waals surface area contributed by atoms with Gasteiger partial charge in [0, 0.05) is 25.0 Å². The number of benzene rings is 2. The predicted molar refractivity (Wildman–Crippen MR) is 186 cm³/mol. The van der Waals surface area contributed by atoms with E-state index < -0.39 is 12.0 Å². The van der Waals surface area contributed by atoms with Gasteiger partial charge in [0.2, 0.25) is 6.29 Å². The van der Waals surface area contributed by atoms with Gasteiger partial charge in [0.25, 0.3) is 0 Å². The number of carbonyl (C=O) groups excluding carboxylic acids is 1. The molecule has 1 aliphatic carbocycles. The van der Waals surface area contributed by atoms with Crippen molar-refractivity contribution in [3.05, 3.63) is 77.9 Å². The Morgan fingerprint density at radius 3 is 2.22 bits per heavy atom. The minimum Gasteiger partial charge on any atom is -0.462 e. The molecule has 0 fully saturated rings. The van der Waals surface area contributed by atoms with Gasteiger partial charge >= 0.3 is 5.97 Å². The Bertz CT molecular complexity index is 1220. The Morgan fingerprint density at radius 1 is 0.804 bits per heavy atom. The van der Waals surface area contributed by atoms with Crippen LogP contribution in [0.25, 0.3) is 5.57 Å². The number of hydrogen-bond donors (Lipinski definition) is 0. The maximum Gasteiger partial charge on any atom is 0.311 e. The van der Waals surface area contributed by atoms with Gasteiger partial charge in [-0.2, -0.15) is 0 Å². The monoisotopic (exact) mass is 636 g/mol.